The third kappa shape index (κ3) is 3.34. The Balaban J connectivity index is 2.35. The minimum atomic E-state index is -3.37. The number of nitro groups is 1. The van der Waals surface area contributed by atoms with Crippen LogP contribution in [0.2, 0.25) is 0 Å². The normalized spacial score (nSPS) is 11.1. The Morgan fingerprint density at radius 3 is 2.43 bits per heavy atom. The number of nitro benzene ring substituents is 1. The van der Waals surface area contributed by atoms with Crippen LogP contribution < -0.4 is 4.31 Å². The first-order valence-corrected chi connectivity index (χ1v) is 7.78. The Labute approximate surface area is 122 Å². The van der Waals surface area contributed by atoms with E-state index in [4.69, 9.17) is 0 Å². The fraction of sp³-hybridized carbons (Fsp3) is 0.154. The van der Waals surface area contributed by atoms with Crippen molar-refractivity contribution < 1.29 is 13.3 Å². The Hall–Kier alpha value is -2.48. The number of rotatable bonds is 4. The number of non-ortho nitro benzene ring substituents is 1. The fourth-order valence-corrected chi connectivity index (χ4v) is 2.16. The molecule has 1 heterocycles. The molecule has 0 aliphatic rings. The summed E-state index contributed by atoms with van der Waals surface area (Å²) in [5.41, 5.74) is 1.31. The van der Waals surface area contributed by atoms with Gasteiger partial charge in [-0.25, -0.2) is 13.4 Å². The Morgan fingerprint density at radius 1 is 1.19 bits per heavy atom. The molecular weight excluding hydrogens is 294 g/mol. The standard InChI is InChI=1S/C13H13N3O4S/c1-15(21(2,19)20)13-7-6-11(9-14-13)10-4-3-5-12(8-10)16(17)18/h3-9H,1-2H3. The molecule has 0 aliphatic heterocycles. The quantitative estimate of drug-likeness (QED) is 0.636. The monoisotopic (exact) mass is 307 g/mol. The molecule has 7 nitrogen and oxygen atoms in total. The number of hydrogen-bond acceptors (Lipinski definition) is 5. The molecule has 0 saturated heterocycles. The summed E-state index contributed by atoms with van der Waals surface area (Å²) in [6, 6.07) is 9.38. The van der Waals surface area contributed by atoms with Crippen LogP contribution in [-0.4, -0.2) is 31.6 Å². The molecule has 1 aromatic carbocycles. The molecule has 0 spiro atoms. The van der Waals surface area contributed by atoms with E-state index < -0.39 is 14.9 Å². The molecule has 0 bridgehead atoms. The van der Waals surface area contributed by atoms with Gasteiger partial charge in [-0.2, -0.15) is 0 Å². The zero-order chi connectivity index (χ0) is 15.6. The van der Waals surface area contributed by atoms with E-state index >= 15 is 0 Å². The first-order valence-electron chi connectivity index (χ1n) is 5.94. The van der Waals surface area contributed by atoms with E-state index in [1.165, 1.54) is 25.4 Å². The van der Waals surface area contributed by atoms with Crippen LogP contribution in [0, 0.1) is 10.1 Å². The van der Waals surface area contributed by atoms with Crippen molar-refractivity contribution in [2.24, 2.45) is 0 Å². The van der Waals surface area contributed by atoms with Gasteiger partial charge in [-0.3, -0.25) is 14.4 Å². The predicted molar refractivity (Wildman–Crippen MR) is 79.6 cm³/mol. The smallest absolute Gasteiger partial charge is 0.258 e. The molecule has 0 fully saturated rings. The van der Waals surface area contributed by atoms with Gasteiger partial charge in [0.15, 0.2) is 0 Å². The minimum absolute atomic E-state index is 0.00942. The van der Waals surface area contributed by atoms with E-state index in [1.807, 2.05) is 0 Å². The number of benzene rings is 1. The third-order valence-corrected chi connectivity index (χ3v) is 4.14. The van der Waals surface area contributed by atoms with Gasteiger partial charge in [0.1, 0.15) is 5.82 Å². The predicted octanol–water partition coefficient (Wildman–Crippen LogP) is 2.05. The largest absolute Gasteiger partial charge is 0.270 e. The van der Waals surface area contributed by atoms with E-state index in [0.717, 1.165) is 10.6 Å². The van der Waals surface area contributed by atoms with Gasteiger partial charge in [0.25, 0.3) is 5.69 Å². The first-order chi connectivity index (χ1) is 9.79. The lowest BCUT2D eigenvalue weighted by Gasteiger charge is -2.15. The lowest BCUT2D eigenvalue weighted by molar-refractivity contribution is -0.384. The highest BCUT2D eigenvalue weighted by atomic mass is 32.2. The molecule has 0 amide bonds. The van der Waals surface area contributed by atoms with E-state index in [0.29, 0.717) is 11.1 Å². The molecule has 0 atom stereocenters. The summed E-state index contributed by atoms with van der Waals surface area (Å²) in [4.78, 5) is 14.4. The molecule has 2 rings (SSSR count). The van der Waals surface area contributed by atoms with Crippen LogP contribution >= 0.6 is 0 Å². The highest BCUT2D eigenvalue weighted by Gasteiger charge is 2.13. The van der Waals surface area contributed by atoms with Gasteiger partial charge in [0, 0.05) is 30.9 Å². The van der Waals surface area contributed by atoms with Gasteiger partial charge in [0.05, 0.1) is 11.2 Å². The molecule has 0 unspecified atom stereocenters. The highest BCUT2D eigenvalue weighted by Crippen LogP contribution is 2.24. The van der Waals surface area contributed by atoms with Crippen molar-refractivity contribution in [1.29, 1.82) is 0 Å². The van der Waals surface area contributed by atoms with Crippen LogP contribution in [0.4, 0.5) is 11.5 Å². The number of pyridine rings is 1. The second-order valence-electron chi connectivity index (χ2n) is 4.44. The highest BCUT2D eigenvalue weighted by molar-refractivity contribution is 7.92. The molecule has 0 aliphatic carbocycles. The van der Waals surface area contributed by atoms with E-state index in [9.17, 15) is 18.5 Å². The maximum Gasteiger partial charge on any atom is 0.270 e. The van der Waals surface area contributed by atoms with Crippen molar-refractivity contribution in [3.05, 3.63) is 52.7 Å². The molecule has 0 N–H and O–H groups in total. The van der Waals surface area contributed by atoms with Crippen molar-refractivity contribution in [3.63, 3.8) is 0 Å². The number of nitrogens with zero attached hydrogens (tertiary/aromatic N) is 3. The van der Waals surface area contributed by atoms with Crippen molar-refractivity contribution >= 4 is 21.5 Å². The zero-order valence-corrected chi connectivity index (χ0v) is 12.2. The van der Waals surface area contributed by atoms with Crippen LogP contribution in [0.15, 0.2) is 42.6 Å². The molecule has 8 heteroatoms. The van der Waals surface area contributed by atoms with Crippen LogP contribution in [0.25, 0.3) is 11.1 Å². The molecule has 0 radical (unpaired) electrons. The molecule has 2 aromatic rings. The van der Waals surface area contributed by atoms with Gasteiger partial charge in [-0.1, -0.05) is 12.1 Å². The lowest BCUT2D eigenvalue weighted by Crippen LogP contribution is -2.25. The summed E-state index contributed by atoms with van der Waals surface area (Å²) < 4.78 is 23.9. The van der Waals surface area contributed by atoms with Gasteiger partial charge in [0.2, 0.25) is 10.0 Å². The van der Waals surface area contributed by atoms with Crippen molar-refractivity contribution in [3.8, 4) is 11.1 Å². The molecule has 21 heavy (non-hydrogen) atoms. The number of hydrogen-bond donors (Lipinski definition) is 0. The summed E-state index contributed by atoms with van der Waals surface area (Å²) in [5, 5.41) is 10.8. The summed E-state index contributed by atoms with van der Waals surface area (Å²) in [5.74, 6) is 0.284. The van der Waals surface area contributed by atoms with Crippen molar-refractivity contribution in [2.45, 2.75) is 0 Å². The molecule has 0 saturated carbocycles. The number of sulfonamides is 1. The summed E-state index contributed by atoms with van der Waals surface area (Å²) in [6.07, 6.45) is 2.57. The summed E-state index contributed by atoms with van der Waals surface area (Å²) >= 11 is 0. The molecular formula is C13H13N3O4S. The van der Waals surface area contributed by atoms with Crippen LogP contribution in [0.3, 0.4) is 0 Å². The van der Waals surface area contributed by atoms with Crippen LogP contribution in [0.1, 0.15) is 0 Å². The average Bonchev–Trinajstić information content (AvgIpc) is 2.46. The van der Waals surface area contributed by atoms with Gasteiger partial charge < -0.3 is 0 Å². The van der Waals surface area contributed by atoms with E-state index in [2.05, 4.69) is 4.98 Å². The number of aromatic nitrogens is 1. The Kier molecular flexibility index (Phi) is 3.90. The summed E-state index contributed by atoms with van der Waals surface area (Å²) in [6.45, 7) is 0. The van der Waals surface area contributed by atoms with E-state index in [1.54, 1.807) is 24.3 Å². The van der Waals surface area contributed by atoms with Gasteiger partial charge in [-0.05, 0) is 17.7 Å². The zero-order valence-electron chi connectivity index (χ0n) is 11.4. The van der Waals surface area contributed by atoms with Crippen LogP contribution in [-0.2, 0) is 10.0 Å². The van der Waals surface area contributed by atoms with Crippen molar-refractivity contribution in [1.82, 2.24) is 4.98 Å². The number of anilines is 1. The van der Waals surface area contributed by atoms with Crippen LogP contribution in [0.5, 0.6) is 0 Å². The summed E-state index contributed by atoms with van der Waals surface area (Å²) in [7, 11) is -1.96. The fourth-order valence-electron chi connectivity index (χ4n) is 1.71. The molecule has 110 valence electrons. The second-order valence-corrected chi connectivity index (χ2v) is 6.46. The van der Waals surface area contributed by atoms with Gasteiger partial charge >= 0.3 is 0 Å². The SMILES string of the molecule is CN(c1ccc(-c2cccc([N+](=O)[O-])c2)cn1)S(C)(=O)=O. The first kappa shape index (κ1) is 14.9. The maximum absolute atomic E-state index is 11.4. The third-order valence-electron chi connectivity index (χ3n) is 2.96. The Morgan fingerprint density at radius 2 is 1.90 bits per heavy atom. The van der Waals surface area contributed by atoms with Gasteiger partial charge in [-0.15, -0.1) is 0 Å². The second kappa shape index (κ2) is 5.49. The lowest BCUT2D eigenvalue weighted by atomic mass is 10.1. The van der Waals surface area contributed by atoms with Crippen molar-refractivity contribution in [2.75, 3.05) is 17.6 Å². The minimum Gasteiger partial charge on any atom is -0.258 e. The topological polar surface area (TPSA) is 93.4 Å². The molecule has 1 aromatic heterocycles. The van der Waals surface area contributed by atoms with E-state index in [-0.39, 0.29) is 11.5 Å². The maximum atomic E-state index is 11.4. The Bertz CT molecular complexity index is 772. The average molecular weight is 307 g/mol.